The Bertz CT molecular complexity index is 526. The molecule has 1 saturated carbocycles. The van der Waals surface area contributed by atoms with Crippen molar-refractivity contribution >= 4 is 16.3 Å². The number of hydrogen-bond acceptors (Lipinski definition) is 4. The van der Waals surface area contributed by atoms with Gasteiger partial charge in [0.05, 0.1) is 11.4 Å². The summed E-state index contributed by atoms with van der Waals surface area (Å²) in [6.07, 6.45) is 4.87. The van der Waals surface area contributed by atoms with Gasteiger partial charge in [0.1, 0.15) is 0 Å². The van der Waals surface area contributed by atoms with Crippen molar-refractivity contribution in [3.05, 3.63) is 23.0 Å². The first-order valence-corrected chi connectivity index (χ1v) is 7.45. The Labute approximate surface area is 112 Å². The fourth-order valence-electron chi connectivity index (χ4n) is 2.31. The third-order valence-electron chi connectivity index (χ3n) is 3.67. The number of aryl methyl sites for hydroxylation is 1. The molecule has 0 radical (unpaired) electrons. The smallest absolute Gasteiger partial charge is 0.194 e. The predicted molar refractivity (Wildman–Crippen MR) is 75.2 cm³/mol. The molecule has 0 unspecified atom stereocenters. The van der Waals surface area contributed by atoms with Crippen molar-refractivity contribution in [3.63, 3.8) is 0 Å². The molecule has 1 aliphatic carbocycles. The molecule has 18 heavy (non-hydrogen) atoms. The molecule has 0 amide bonds. The average Bonchev–Trinajstić information content (AvgIpc) is 3.04. The van der Waals surface area contributed by atoms with Gasteiger partial charge in [0, 0.05) is 37.3 Å². The van der Waals surface area contributed by atoms with Crippen molar-refractivity contribution in [2.24, 2.45) is 0 Å². The van der Waals surface area contributed by atoms with Crippen LogP contribution in [0.1, 0.15) is 24.2 Å². The van der Waals surface area contributed by atoms with Gasteiger partial charge in [-0.1, -0.05) is 0 Å². The summed E-state index contributed by atoms with van der Waals surface area (Å²) in [5, 5.41) is 5.62. The summed E-state index contributed by atoms with van der Waals surface area (Å²) < 4.78 is 2.19. The molecule has 98 valence electrons. The Morgan fingerprint density at radius 3 is 3.17 bits per heavy atom. The molecule has 4 nitrogen and oxygen atoms in total. The summed E-state index contributed by atoms with van der Waals surface area (Å²) in [6.45, 7) is 5.18. The van der Waals surface area contributed by atoms with Crippen LogP contribution in [-0.4, -0.2) is 40.5 Å². The molecule has 0 aliphatic heterocycles. The van der Waals surface area contributed by atoms with E-state index >= 15 is 0 Å². The molecule has 0 atom stereocenters. The van der Waals surface area contributed by atoms with Gasteiger partial charge in [-0.25, -0.2) is 4.98 Å². The molecule has 2 aromatic heterocycles. The van der Waals surface area contributed by atoms with E-state index < -0.39 is 0 Å². The zero-order valence-electron chi connectivity index (χ0n) is 11.0. The van der Waals surface area contributed by atoms with Crippen molar-refractivity contribution in [3.8, 4) is 0 Å². The number of nitrogens with one attached hydrogen (secondary N) is 1. The van der Waals surface area contributed by atoms with Crippen LogP contribution in [0.25, 0.3) is 4.96 Å². The molecule has 2 aromatic rings. The van der Waals surface area contributed by atoms with E-state index in [0.29, 0.717) is 0 Å². The predicted octanol–water partition coefficient (Wildman–Crippen LogP) is 1.89. The van der Waals surface area contributed by atoms with Gasteiger partial charge >= 0.3 is 0 Å². The van der Waals surface area contributed by atoms with Crippen LogP contribution in [0, 0.1) is 6.92 Å². The topological polar surface area (TPSA) is 32.6 Å². The van der Waals surface area contributed by atoms with Crippen LogP contribution < -0.4 is 5.32 Å². The number of hydrogen-bond donors (Lipinski definition) is 1. The molecule has 0 saturated heterocycles. The Morgan fingerprint density at radius 2 is 2.39 bits per heavy atom. The third-order valence-corrected chi connectivity index (χ3v) is 4.42. The quantitative estimate of drug-likeness (QED) is 0.809. The fraction of sp³-hybridized carbons (Fsp3) is 0.615. The molecule has 1 fully saturated rings. The van der Waals surface area contributed by atoms with Gasteiger partial charge < -0.3 is 10.2 Å². The Hall–Kier alpha value is -0.910. The van der Waals surface area contributed by atoms with E-state index in [1.54, 1.807) is 11.3 Å². The largest absolute Gasteiger partial charge is 0.310 e. The SMILES string of the molecule is Cc1nc2sccn2c1CNCCN(C)C1CC1. The maximum absolute atomic E-state index is 4.56. The third kappa shape index (κ3) is 2.43. The van der Waals surface area contributed by atoms with Crippen molar-refractivity contribution in [1.29, 1.82) is 0 Å². The summed E-state index contributed by atoms with van der Waals surface area (Å²) in [5.41, 5.74) is 2.44. The van der Waals surface area contributed by atoms with Gasteiger partial charge in [0.15, 0.2) is 4.96 Å². The fourth-order valence-corrected chi connectivity index (χ4v) is 3.09. The van der Waals surface area contributed by atoms with Crippen molar-refractivity contribution in [2.75, 3.05) is 20.1 Å². The highest BCUT2D eigenvalue weighted by atomic mass is 32.1. The number of thiazole rings is 1. The summed E-state index contributed by atoms with van der Waals surface area (Å²) in [7, 11) is 2.22. The lowest BCUT2D eigenvalue weighted by atomic mass is 10.3. The zero-order valence-corrected chi connectivity index (χ0v) is 11.8. The van der Waals surface area contributed by atoms with E-state index in [1.807, 2.05) is 0 Å². The molecule has 3 rings (SSSR count). The molecular weight excluding hydrogens is 244 g/mol. The molecule has 5 heteroatoms. The second kappa shape index (κ2) is 4.99. The second-order valence-corrected chi connectivity index (χ2v) is 5.96. The maximum atomic E-state index is 4.56. The molecule has 1 N–H and O–H groups in total. The molecule has 2 heterocycles. The normalized spacial score (nSPS) is 15.9. The minimum absolute atomic E-state index is 0.854. The van der Waals surface area contributed by atoms with E-state index in [2.05, 4.69) is 45.1 Å². The standard InChI is InChI=1S/C13H20N4S/c1-10-12(17-7-8-18-13(17)15-10)9-14-5-6-16(2)11-3-4-11/h7-8,11,14H,3-6,9H2,1-2H3. The van der Waals surface area contributed by atoms with Gasteiger partial charge in [-0.3, -0.25) is 4.40 Å². The minimum atomic E-state index is 0.854. The zero-order chi connectivity index (χ0) is 12.5. The monoisotopic (exact) mass is 264 g/mol. The highest BCUT2D eigenvalue weighted by molar-refractivity contribution is 7.15. The maximum Gasteiger partial charge on any atom is 0.194 e. The Kier molecular flexibility index (Phi) is 3.37. The van der Waals surface area contributed by atoms with Crippen LogP contribution in [-0.2, 0) is 6.54 Å². The minimum Gasteiger partial charge on any atom is -0.310 e. The number of imidazole rings is 1. The number of nitrogens with zero attached hydrogens (tertiary/aromatic N) is 3. The first-order valence-electron chi connectivity index (χ1n) is 6.57. The van der Waals surface area contributed by atoms with Gasteiger partial charge in [-0.2, -0.15) is 0 Å². The van der Waals surface area contributed by atoms with E-state index in [1.165, 1.54) is 18.5 Å². The number of aromatic nitrogens is 2. The van der Waals surface area contributed by atoms with Gasteiger partial charge in [-0.15, -0.1) is 11.3 Å². The Balaban J connectivity index is 1.52. The number of fused-ring (bicyclic) bond motifs is 1. The van der Waals surface area contributed by atoms with Crippen molar-refractivity contribution < 1.29 is 0 Å². The van der Waals surface area contributed by atoms with Crippen molar-refractivity contribution in [1.82, 2.24) is 19.6 Å². The van der Waals surface area contributed by atoms with Crippen LogP contribution in [0.15, 0.2) is 11.6 Å². The van der Waals surface area contributed by atoms with Crippen LogP contribution in [0.4, 0.5) is 0 Å². The highest BCUT2D eigenvalue weighted by Gasteiger charge is 2.25. The van der Waals surface area contributed by atoms with Crippen LogP contribution in [0.3, 0.4) is 0 Å². The van der Waals surface area contributed by atoms with E-state index in [0.717, 1.165) is 36.3 Å². The highest BCUT2D eigenvalue weighted by Crippen LogP contribution is 2.24. The lowest BCUT2D eigenvalue weighted by Crippen LogP contribution is -2.30. The molecule has 0 bridgehead atoms. The summed E-state index contributed by atoms with van der Waals surface area (Å²) in [4.78, 5) is 8.11. The van der Waals surface area contributed by atoms with Gasteiger partial charge in [0.2, 0.25) is 0 Å². The van der Waals surface area contributed by atoms with Crippen molar-refractivity contribution in [2.45, 2.75) is 32.4 Å². The lowest BCUT2D eigenvalue weighted by molar-refractivity contribution is 0.321. The summed E-state index contributed by atoms with van der Waals surface area (Å²) in [6, 6.07) is 0.854. The summed E-state index contributed by atoms with van der Waals surface area (Å²) >= 11 is 1.69. The van der Waals surface area contributed by atoms with Crippen LogP contribution in [0.5, 0.6) is 0 Å². The van der Waals surface area contributed by atoms with Crippen LogP contribution >= 0.6 is 11.3 Å². The van der Waals surface area contributed by atoms with E-state index in [-0.39, 0.29) is 0 Å². The molecular formula is C13H20N4S. The molecule has 1 aliphatic rings. The number of likely N-dealkylation sites (N-methyl/N-ethyl adjacent to an activating group) is 1. The second-order valence-electron chi connectivity index (χ2n) is 5.09. The van der Waals surface area contributed by atoms with E-state index in [9.17, 15) is 0 Å². The van der Waals surface area contributed by atoms with Gasteiger partial charge in [0.25, 0.3) is 0 Å². The molecule has 0 aromatic carbocycles. The van der Waals surface area contributed by atoms with Gasteiger partial charge in [-0.05, 0) is 26.8 Å². The van der Waals surface area contributed by atoms with Crippen LogP contribution in [0.2, 0.25) is 0 Å². The molecule has 0 spiro atoms. The lowest BCUT2D eigenvalue weighted by Gasteiger charge is -2.15. The average molecular weight is 264 g/mol. The summed E-state index contributed by atoms with van der Waals surface area (Å²) in [5.74, 6) is 0. The first kappa shape index (κ1) is 12.1. The van der Waals surface area contributed by atoms with E-state index in [4.69, 9.17) is 0 Å². The number of rotatable bonds is 6. The Morgan fingerprint density at radius 1 is 1.56 bits per heavy atom. The first-order chi connectivity index (χ1) is 8.75.